The van der Waals surface area contributed by atoms with Crippen LogP contribution in [0.3, 0.4) is 0 Å². The summed E-state index contributed by atoms with van der Waals surface area (Å²) < 4.78 is 2.16. The highest BCUT2D eigenvalue weighted by Crippen LogP contribution is 2.55. The van der Waals surface area contributed by atoms with E-state index >= 15 is 0 Å². The molecule has 1 fully saturated rings. The molecule has 39 heavy (non-hydrogen) atoms. The average Bonchev–Trinajstić information content (AvgIpc) is 3.36. The topological polar surface area (TPSA) is 109 Å². The van der Waals surface area contributed by atoms with Gasteiger partial charge >= 0.3 is 4.87 Å². The van der Waals surface area contributed by atoms with Crippen molar-refractivity contribution < 1.29 is 19.5 Å². The van der Waals surface area contributed by atoms with Gasteiger partial charge in [0.05, 0.1) is 16.6 Å². The first-order chi connectivity index (χ1) is 18.8. The maximum absolute atomic E-state index is 13.9. The van der Waals surface area contributed by atoms with Gasteiger partial charge in [-0.2, -0.15) is 0 Å². The SMILES string of the molecule is O=C(Cn1c2c(sc1=O)[C@@H](c1ccccc1O)[C@H]1C(=O)N(c3ccc(Br)cc3)C(=O)[C@H]1S2)Nc1ccccc1. The molecule has 0 saturated carbocycles. The molecule has 1 saturated heterocycles. The average molecular weight is 623 g/mol. The number of aromatic hydroxyl groups is 1. The second-order valence-corrected chi connectivity index (χ2v) is 12.2. The number of nitrogens with zero attached hydrogens (tertiary/aromatic N) is 2. The predicted molar refractivity (Wildman–Crippen MR) is 153 cm³/mol. The van der Waals surface area contributed by atoms with E-state index in [2.05, 4.69) is 21.2 Å². The van der Waals surface area contributed by atoms with Crippen molar-refractivity contribution in [3.63, 3.8) is 0 Å². The van der Waals surface area contributed by atoms with Gasteiger partial charge in [0.2, 0.25) is 17.7 Å². The quantitative estimate of drug-likeness (QED) is 0.310. The minimum atomic E-state index is -0.837. The molecule has 0 unspecified atom stereocenters. The van der Waals surface area contributed by atoms with E-state index in [0.717, 1.165) is 27.6 Å². The Morgan fingerprint density at radius 1 is 0.923 bits per heavy atom. The lowest BCUT2D eigenvalue weighted by Gasteiger charge is -2.31. The Labute approximate surface area is 239 Å². The van der Waals surface area contributed by atoms with E-state index in [1.165, 1.54) is 15.5 Å². The van der Waals surface area contributed by atoms with E-state index < -0.39 is 34.8 Å². The third-order valence-electron chi connectivity index (χ3n) is 6.77. The number of anilines is 2. The lowest BCUT2D eigenvalue weighted by atomic mass is 9.82. The molecule has 1 aromatic heterocycles. The molecule has 3 heterocycles. The number of amides is 3. The van der Waals surface area contributed by atoms with Crippen LogP contribution in [0.15, 0.2) is 93.2 Å². The van der Waals surface area contributed by atoms with Crippen molar-refractivity contribution in [2.75, 3.05) is 10.2 Å². The number of hydrogen-bond acceptors (Lipinski definition) is 7. The molecule has 2 N–H and O–H groups in total. The van der Waals surface area contributed by atoms with Crippen LogP contribution < -0.4 is 15.1 Å². The summed E-state index contributed by atoms with van der Waals surface area (Å²) in [6.45, 7) is -0.254. The minimum absolute atomic E-state index is 0.0318. The molecule has 0 radical (unpaired) electrons. The number of halogens is 1. The molecule has 3 aromatic carbocycles. The van der Waals surface area contributed by atoms with Crippen LogP contribution in [0.4, 0.5) is 11.4 Å². The molecule has 3 amide bonds. The standard InChI is InChI=1S/C28H20BrN3O5S2/c29-15-10-12-17(13-11-15)32-25(35)22-21(18-8-4-5-9-19(18)33)24-27(38-23(22)26(32)36)31(28(37)39-24)14-20(34)30-16-6-2-1-3-7-16/h1-13,21-23,33H,14H2,(H,30,34)/t21-,22+,23-/m0/s1. The Bertz CT molecular complexity index is 1670. The number of phenolic OH excluding ortho intramolecular Hbond substituents is 1. The van der Waals surface area contributed by atoms with Gasteiger partial charge in [-0.1, -0.05) is 75.4 Å². The first kappa shape index (κ1) is 25.6. The fraction of sp³-hybridized carbons (Fsp3) is 0.143. The highest BCUT2D eigenvalue weighted by atomic mass is 79.9. The van der Waals surface area contributed by atoms with Crippen molar-refractivity contribution in [2.24, 2.45) is 5.92 Å². The van der Waals surface area contributed by atoms with Crippen LogP contribution in [0, 0.1) is 5.92 Å². The van der Waals surface area contributed by atoms with Crippen molar-refractivity contribution in [1.29, 1.82) is 0 Å². The number of carbonyl (C=O) groups is 3. The fourth-order valence-corrected chi connectivity index (χ4v) is 8.08. The van der Waals surface area contributed by atoms with Crippen molar-refractivity contribution in [3.8, 4) is 5.75 Å². The number of para-hydroxylation sites is 2. The maximum atomic E-state index is 13.9. The number of nitrogens with one attached hydrogen (secondary N) is 1. The van der Waals surface area contributed by atoms with Crippen molar-refractivity contribution in [1.82, 2.24) is 4.57 Å². The third kappa shape index (κ3) is 4.50. The Balaban J connectivity index is 1.43. The molecule has 2 aliphatic rings. The van der Waals surface area contributed by atoms with Crippen LogP contribution in [0.2, 0.25) is 0 Å². The van der Waals surface area contributed by atoms with E-state index in [9.17, 15) is 24.3 Å². The number of rotatable bonds is 5. The van der Waals surface area contributed by atoms with Crippen molar-refractivity contribution in [2.45, 2.75) is 22.7 Å². The zero-order valence-electron chi connectivity index (χ0n) is 20.1. The van der Waals surface area contributed by atoms with E-state index in [0.29, 0.717) is 26.8 Å². The fourth-order valence-electron chi connectivity index (χ4n) is 5.05. The Kier molecular flexibility index (Phi) is 6.66. The smallest absolute Gasteiger partial charge is 0.308 e. The van der Waals surface area contributed by atoms with Crippen molar-refractivity contribution in [3.05, 3.63) is 103 Å². The molecule has 4 aromatic rings. The van der Waals surface area contributed by atoms with Gasteiger partial charge in [0.25, 0.3) is 0 Å². The van der Waals surface area contributed by atoms with E-state index in [1.54, 1.807) is 66.7 Å². The van der Waals surface area contributed by atoms with Crippen LogP contribution in [-0.4, -0.2) is 32.6 Å². The number of benzene rings is 3. The van der Waals surface area contributed by atoms with Gasteiger partial charge < -0.3 is 10.4 Å². The first-order valence-electron chi connectivity index (χ1n) is 12.0. The lowest BCUT2D eigenvalue weighted by molar-refractivity contribution is -0.122. The van der Waals surface area contributed by atoms with Crippen LogP contribution in [0.1, 0.15) is 16.4 Å². The summed E-state index contributed by atoms with van der Waals surface area (Å²) in [5.74, 6) is -2.79. The molecule has 8 nitrogen and oxygen atoms in total. The molecule has 6 rings (SSSR count). The van der Waals surface area contributed by atoms with Gasteiger partial charge in [0.15, 0.2) is 0 Å². The second kappa shape index (κ2) is 10.1. The molecule has 0 spiro atoms. The summed E-state index contributed by atoms with van der Waals surface area (Å²) in [7, 11) is 0. The highest BCUT2D eigenvalue weighted by molar-refractivity contribution is 9.10. The van der Waals surface area contributed by atoms with Crippen LogP contribution in [-0.2, 0) is 20.9 Å². The summed E-state index contributed by atoms with van der Waals surface area (Å²) >= 11 is 5.45. The normalized spacial score (nSPS) is 20.0. The Morgan fingerprint density at radius 2 is 1.62 bits per heavy atom. The number of imide groups is 1. The van der Waals surface area contributed by atoms with Gasteiger partial charge in [-0.3, -0.25) is 23.7 Å². The summed E-state index contributed by atoms with van der Waals surface area (Å²) in [6.07, 6.45) is 0. The predicted octanol–water partition coefficient (Wildman–Crippen LogP) is 4.81. The molecule has 0 bridgehead atoms. The summed E-state index contributed by atoms with van der Waals surface area (Å²) in [6, 6.07) is 22.4. The van der Waals surface area contributed by atoms with Crippen LogP contribution in [0.5, 0.6) is 5.75 Å². The van der Waals surface area contributed by atoms with E-state index in [-0.39, 0.29) is 17.2 Å². The lowest BCUT2D eigenvalue weighted by Crippen LogP contribution is -2.33. The molecule has 3 atom stereocenters. The number of thioether (sulfide) groups is 1. The zero-order valence-corrected chi connectivity index (χ0v) is 23.3. The monoisotopic (exact) mass is 621 g/mol. The minimum Gasteiger partial charge on any atom is -0.508 e. The number of phenols is 1. The number of aromatic nitrogens is 1. The van der Waals surface area contributed by atoms with Crippen LogP contribution >= 0.6 is 39.0 Å². The number of carbonyl (C=O) groups excluding carboxylic acids is 3. The van der Waals surface area contributed by atoms with Gasteiger partial charge in [0.1, 0.15) is 17.5 Å². The second-order valence-electron chi connectivity index (χ2n) is 9.13. The summed E-state index contributed by atoms with van der Waals surface area (Å²) in [5, 5.41) is 13.2. The third-order valence-corrected chi connectivity index (χ3v) is 9.90. The summed E-state index contributed by atoms with van der Waals surface area (Å²) in [5.41, 5.74) is 1.50. The molecule has 2 aliphatic heterocycles. The largest absolute Gasteiger partial charge is 0.508 e. The molecular weight excluding hydrogens is 602 g/mol. The first-order valence-corrected chi connectivity index (χ1v) is 14.5. The zero-order chi connectivity index (χ0) is 27.3. The van der Waals surface area contributed by atoms with E-state index in [1.807, 2.05) is 6.07 Å². The van der Waals surface area contributed by atoms with Gasteiger partial charge in [-0.15, -0.1) is 0 Å². The molecule has 0 aliphatic carbocycles. The molecular formula is C28H20BrN3O5S2. The molecule has 196 valence electrons. The number of fused-ring (bicyclic) bond motifs is 2. The van der Waals surface area contributed by atoms with Gasteiger partial charge in [0, 0.05) is 26.5 Å². The number of hydrogen-bond donors (Lipinski definition) is 2. The Hall–Kier alpha value is -3.67. The van der Waals surface area contributed by atoms with E-state index in [4.69, 9.17) is 0 Å². The molecule has 11 heteroatoms. The highest BCUT2D eigenvalue weighted by Gasteiger charge is 2.57. The van der Waals surface area contributed by atoms with Gasteiger partial charge in [-0.25, -0.2) is 4.90 Å². The van der Waals surface area contributed by atoms with Gasteiger partial charge in [-0.05, 0) is 42.5 Å². The number of thiazole rings is 1. The van der Waals surface area contributed by atoms with Crippen molar-refractivity contribution >= 4 is 68.1 Å². The van der Waals surface area contributed by atoms with Crippen LogP contribution in [0.25, 0.3) is 0 Å². The maximum Gasteiger partial charge on any atom is 0.308 e. The summed E-state index contributed by atoms with van der Waals surface area (Å²) in [4.78, 5) is 55.0. The Morgan fingerprint density at radius 3 is 2.33 bits per heavy atom.